The lowest BCUT2D eigenvalue weighted by Crippen LogP contribution is -2.30. The molecule has 0 aliphatic rings. The standard InChI is InChI=1S/C15H19NO3/c1-3-19-12-10-16(2)15(18)14-8-6-13(7-9-14)5-4-11-17/h6-9,17H,3,10-12H2,1-2H3. The van der Waals surface area contributed by atoms with Gasteiger partial charge in [-0.2, -0.15) is 0 Å². The van der Waals surface area contributed by atoms with Gasteiger partial charge in [-0.1, -0.05) is 11.8 Å². The van der Waals surface area contributed by atoms with Crippen LogP contribution in [0.2, 0.25) is 0 Å². The zero-order valence-electron chi connectivity index (χ0n) is 11.3. The smallest absolute Gasteiger partial charge is 0.253 e. The molecule has 0 bridgehead atoms. The molecule has 0 saturated carbocycles. The van der Waals surface area contributed by atoms with Crippen LogP contribution >= 0.6 is 0 Å². The highest BCUT2D eigenvalue weighted by molar-refractivity contribution is 5.94. The molecule has 0 saturated heterocycles. The molecule has 0 radical (unpaired) electrons. The summed E-state index contributed by atoms with van der Waals surface area (Å²) in [6.07, 6.45) is 0. The lowest BCUT2D eigenvalue weighted by Gasteiger charge is -2.16. The molecule has 0 atom stereocenters. The Morgan fingerprint density at radius 3 is 2.63 bits per heavy atom. The Balaban J connectivity index is 2.61. The van der Waals surface area contributed by atoms with Gasteiger partial charge in [0.2, 0.25) is 0 Å². The second-order valence-electron chi connectivity index (χ2n) is 3.96. The van der Waals surface area contributed by atoms with Crippen LogP contribution in [0.4, 0.5) is 0 Å². The molecule has 0 aliphatic carbocycles. The third-order valence-corrected chi connectivity index (χ3v) is 2.57. The molecule has 4 nitrogen and oxygen atoms in total. The Hall–Kier alpha value is -1.83. The predicted molar refractivity (Wildman–Crippen MR) is 73.9 cm³/mol. The van der Waals surface area contributed by atoms with Gasteiger partial charge in [0, 0.05) is 31.3 Å². The first-order chi connectivity index (χ1) is 9.19. The Morgan fingerprint density at radius 2 is 2.05 bits per heavy atom. The SMILES string of the molecule is CCOCCN(C)C(=O)c1ccc(C#CCO)cc1. The Morgan fingerprint density at radius 1 is 1.37 bits per heavy atom. The highest BCUT2D eigenvalue weighted by Crippen LogP contribution is 2.06. The molecule has 1 aromatic carbocycles. The second-order valence-corrected chi connectivity index (χ2v) is 3.96. The van der Waals surface area contributed by atoms with E-state index in [1.54, 1.807) is 36.2 Å². The zero-order chi connectivity index (χ0) is 14.1. The van der Waals surface area contributed by atoms with Gasteiger partial charge in [0.05, 0.1) is 6.61 Å². The molecule has 19 heavy (non-hydrogen) atoms. The summed E-state index contributed by atoms with van der Waals surface area (Å²) >= 11 is 0. The van der Waals surface area contributed by atoms with Crippen molar-refractivity contribution in [2.75, 3.05) is 33.4 Å². The number of aliphatic hydroxyl groups is 1. The Kier molecular flexibility index (Phi) is 6.65. The molecule has 0 fully saturated rings. The summed E-state index contributed by atoms with van der Waals surface area (Å²) < 4.78 is 5.22. The van der Waals surface area contributed by atoms with Gasteiger partial charge in [-0.15, -0.1) is 0 Å². The van der Waals surface area contributed by atoms with E-state index in [-0.39, 0.29) is 12.5 Å². The zero-order valence-corrected chi connectivity index (χ0v) is 11.3. The van der Waals surface area contributed by atoms with Crippen molar-refractivity contribution < 1.29 is 14.6 Å². The van der Waals surface area contributed by atoms with E-state index in [4.69, 9.17) is 9.84 Å². The predicted octanol–water partition coefficient (Wildman–Crippen LogP) is 1.14. The van der Waals surface area contributed by atoms with Crippen molar-refractivity contribution >= 4 is 5.91 Å². The molecule has 1 aromatic rings. The summed E-state index contributed by atoms with van der Waals surface area (Å²) in [4.78, 5) is 13.7. The number of carbonyl (C=O) groups is 1. The molecule has 1 N–H and O–H groups in total. The molecule has 0 heterocycles. The summed E-state index contributed by atoms with van der Waals surface area (Å²) in [5.74, 6) is 5.31. The van der Waals surface area contributed by atoms with Crippen molar-refractivity contribution in [2.24, 2.45) is 0 Å². The number of hydrogen-bond acceptors (Lipinski definition) is 3. The fraction of sp³-hybridized carbons (Fsp3) is 0.400. The van der Waals surface area contributed by atoms with Crippen molar-refractivity contribution in [1.29, 1.82) is 0 Å². The minimum Gasteiger partial charge on any atom is -0.384 e. The third-order valence-electron chi connectivity index (χ3n) is 2.57. The van der Waals surface area contributed by atoms with E-state index in [0.717, 1.165) is 5.56 Å². The normalized spacial score (nSPS) is 9.63. The molecule has 0 spiro atoms. The maximum atomic E-state index is 12.1. The van der Waals surface area contributed by atoms with Crippen LogP contribution in [-0.2, 0) is 4.74 Å². The van der Waals surface area contributed by atoms with Crippen molar-refractivity contribution in [1.82, 2.24) is 4.90 Å². The van der Waals surface area contributed by atoms with Crippen LogP contribution in [0.5, 0.6) is 0 Å². The molecular weight excluding hydrogens is 242 g/mol. The van der Waals surface area contributed by atoms with E-state index in [9.17, 15) is 4.79 Å². The topological polar surface area (TPSA) is 49.8 Å². The number of carbonyl (C=O) groups excluding carboxylic acids is 1. The van der Waals surface area contributed by atoms with Gasteiger partial charge in [-0.25, -0.2) is 0 Å². The van der Waals surface area contributed by atoms with Crippen molar-refractivity contribution in [2.45, 2.75) is 6.92 Å². The first-order valence-corrected chi connectivity index (χ1v) is 6.22. The summed E-state index contributed by atoms with van der Waals surface area (Å²) in [7, 11) is 1.75. The van der Waals surface area contributed by atoms with Gasteiger partial charge in [0.1, 0.15) is 6.61 Å². The molecule has 0 unspecified atom stereocenters. The molecule has 4 heteroatoms. The van der Waals surface area contributed by atoms with Crippen LogP contribution in [0.25, 0.3) is 0 Å². The lowest BCUT2D eigenvalue weighted by atomic mass is 10.1. The van der Waals surface area contributed by atoms with Gasteiger partial charge < -0.3 is 14.7 Å². The molecule has 102 valence electrons. The van der Waals surface area contributed by atoms with Gasteiger partial charge in [-0.05, 0) is 31.2 Å². The van der Waals surface area contributed by atoms with E-state index in [2.05, 4.69) is 11.8 Å². The van der Waals surface area contributed by atoms with Gasteiger partial charge in [0.25, 0.3) is 5.91 Å². The fourth-order valence-corrected chi connectivity index (χ4v) is 1.51. The minimum absolute atomic E-state index is 0.0404. The van der Waals surface area contributed by atoms with Crippen LogP contribution < -0.4 is 0 Å². The van der Waals surface area contributed by atoms with Crippen molar-refractivity contribution in [3.8, 4) is 11.8 Å². The monoisotopic (exact) mass is 261 g/mol. The van der Waals surface area contributed by atoms with E-state index >= 15 is 0 Å². The number of ether oxygens (including phenoxy) is 1. The highest BCUT2D eigenvalue weighted by Gasteiger charge is 2.10. The van der Waals surface area contributed by atoms with E-state index in [0.29, 0.717) is 25.3 Å². The van der Waals surface area contributed by atoms with E-state index < -0.39 is 0 Å². The quantitative estimate of drug-likeness (QED) is 0.639. The maximum Gasteiger partial charge on any atom is 0.253 e. The highest BCUT2D eigenvalue weighted by atomic mass is 16.5. The van der Waals surface area contributed by atoms with Gasteiger partial charge >= 0.3 is 0 Å². The molecule has 0 aromatic heterocycles. The molecule has 0 aliphatic heterocycles. The number of hydrogen-bond donors (Lipinski definition) is 1. The molecule has 1 amide bonds. The van der Waals surface area contributed by atoms with Crippen LogP contribution in [-0.4, -0.2) is 49.3 Å². The van der Waals surface area contributed by atoms with Crippen molar-refractivity contribution in [3.63, 3.8) is 0 Å². The van der Waals surface area contributed by atoms with Crippen LogP contribution in [0.1, 0.15) is 22.8 Å². The van der Waals surface area contributed by atoms with Crippen LogP contribution in [0.3, 0.4) is 0 Å². The number of likely N-dealkylation sites (N-methyl/N-ethyl adjacent to an activating group) is 1. The summed E-state index contributed by atoms with van der Waals surface area (Å²) in [5, 5.41) is 8.60. The van der Waals surface area contributed by atoms with E-state index in [1.807, 2.05) is 6.92 Å². The third kappa shape index (κ3) is 5.12. The van der Waals surface area contributed by atoms with Gasteiger partial charge in [0.15, 0.2) is 0 Å². The van der Waals surface area contributed by atoms with Crippen LogP contribution in [0, 0.1) is 11.8 Å². The molecule has 1 rings (SSSR count). The number of rotatable bonds is 5. The lowest BCUT2D eigenvalue weighted by molar-refractivity contribution is 0.0710. The average molecular weight is 261 g/mol. The minimum atomic E-state index is -0.166. The first-order valence-electron chi connectivity index (χ1n) is 6.22. The van der Waals surface area contributed by atoms with E-state index in [1.165, 1.54) is 0 Å². The Labute approximate surface area is 114 Å². The number of benzene rings is 1. The number of aliphatic hydroxyl groups excluding tert-OH is 1. The Bertz CT molecular complexity index is 457. The van der Waals surface area contributed by atoms with Crippen LogP contribution in [0.15, 0.2) is 24.3 Å². The first kappa shape index (κ1) is 15.2. The average Bonchev–Trinajstić information content (AvgIpc) is 2.45. The largest absolute Gasteiger partial charge is 0.384 e. The maximum absolute atomic E-state index is 12.1. The van der Waals surface area contributed by atoms with Crippen molar-refractivity contribution in [3.05, 3.63) is 35.4 Å². The molecular formula is C15H19NO3. The second kappa shape index (κ2) is 8.30. The summed E-state index contributed by atoms with van der Waals surface area (Å²) in [6, 6.07) is 7.01. The number of amides is 1. The number of nitrogens with zero attached hydrogens (tertiary/aromatic N) is 1. The van der Waals surface area contributed by atoms with Gasteiger partial charge in [-0.3, -0.25) is 4.79 Å². The summed E-state index contributed by atoms with van der Waals surface area (Å²) in [5.41, 5.74) is 1.40. The summed E-state index contributed by atoms with van der Waals surface area (Å²) in [6.45, 7) is 3.52. The fourth-order valence-electron chi connectivity index (χ4n) is 1.51.